The number of halogens is 3. The van der Waals surface area contributed by atoms with E-state index in [-0.39, 0.29) is 5.82 Å². The highest BCUT2D eigenvalue weighted by molar-refractivity contribution is 5.93. The Bertz CT molecular complexity index is 751. The molecule has 1 atom stereocenters. The second-order valence-corrected chi connectivity index (χ2v) is 4.41. The number of carbonyl (C=O) groups excluding carboxylic acids is 1. The lowest BCUT2D eigenvalue weighted by Gasteiger charge is -2.06. The molecule has 1 amide bonds. The number of nitrogens with one attached hydrogen (secondary N) is 2. The zero-order chi connectivity index (χ0) is 17.4. The van der Waals surface area contributed by atoms with Gasteiger partial charge in [-0.3, -0.25) is 14.7 Å². The average Bonchev–Trinajstić information content (AvgIpc) is 3.03. The van der Waals surface area contributed by atoms with Crippen molar-refractivity contribution in [3.8, 4) is 5.95 Å². The van der Waals surface area contributed by atoms with Gasteiger partial charge in [-0.25, -0.2) is 4.98 Å². The van der Waals surface area contributed by atoms with Crippen molar-refractivity contribution in [1.29, 1.82) is 0 Å². The summed E-state index contributed by atoms with van der Waals surface area (Å²) in [6, 6.07) is -1.19. The minimum atomic E-state index is -4.71. The molecule has 2 aromatic rings. The van der Waals surface area contributed by atoms with Gasteiger partial charge in [0.15, 0.2) is 0 Å². The van der Waals surface area contributed by atoms with Crippen molar-refractivity contribution in [1.82, 2.24) is 35.3 Å². The largest absolute Gasteiger partial charge is 0.480 e. The third-order valence-corrected chi connectivity index (χ3v) is 2.62. The standard InChI is InChI=1S/C10H10F3N7O3/c1-3(7(22)23)14-6(21)5-15-4(2)20(19-5)9-16-8(17-18-9)10(11,12)13/h3H,1-2H3,(H,14,21)(H,22,23)(H,16,17,18)/t3-/m0/s1. The summed E-state index contributed by atoms with van der Waals surface area (Å²) in [5, 5.41) is 19.5. The Hall–Kier alpha value is -2.99. The summed E-state index contributed by atoms with van der Waals surface area (Å²) >= 11 is 0. The molecule has 0 radical (unpaired) electrons. The molecule has 0 aromatic carbocycles. The fraction of sp³-hybridized carbons (Fsp3) is 0.400. The van der Waals surface area contributed by atoms with Crippen LogP contribution in [-0.4, -0.2) is 53.0 Å². The highest BCUT2D eigenvalue weighted by Gasteiger charge is 2.35. The number of carboxylic acids is 1. The number of amides is 1. The number of aromatic amines is 1. The number of H-pyrrole nitrogens is 1. The van der Waals surface area contributed by atoms with Gasteiger partial charge in [0.2, 0.25) is 11.6 Å². The van der Waals surface area contributed by atoms with Gasteiger partial charge in [0.25, 0.3) is 11.9 Å². The van der Waals surface area contributed by atoms with Crippen LogP contribution in [-0.2, 0) is 11.0 Å². The van der Waals surface area contributed by atoms with E-state index in [1.54, 1.807) is 5.10 Å². The zero-order valence-corrected chi connectivity index (χ0v) is 11.7. The van der Waals surface area contributed by atoms with Gasteiger partial charge in [-0.1, -0.05) is 0 Å². The van der Waals surface area contributed by atoms with Crippen molar-refractivity contribution in [2.24, 2.45) is 0 Å². The van der Waals surface area contributed by atoms with Gasteiger partial charge in [0.1, 0.15) is 11.9 Å². The maximum absolute atomic E-state index is 12.5. The molecule has 10 nitrogen and oxygen atoms in total. The quantitative estimate of drug-likeness (QED) is 0.711. The minimum absolute atomic E-state index is 0.0471. The van der Waals surface area contributed by atoms with E-state index in [0.29, 0.717) is 0 Å². The number of aromatic nitrogens is 6. The second kappa shape index (κ2) is 5.66. The maximum Gasteiger partial charge on any atom is 0.451 e. The lowest BCUT2D eigenvalue weighted by molar-refractivity contribution is -0.144. The Balaban J connectivity index is 2.26. The highest BCUT2D eigenvalue weighted by atomic mass is 19.4. The predicted molar refractivity (Wildman–Crippen MR) is 65.6 cm³/mol. The van der Waals surface area contributed by atoms with E-state index >= 15 is 0 Å². The van der Waals surface area contributed by atoms with E-state index < -0.39 is 41.7 Å². The van der Waals surface area contributed by atoms with E-state index in [1.165, 1.54) is 13.8 Å². The third-order valence-electron chi connectivity index (χ3n) is 2.62. The first-order valence-electron chi connectivity index (χ1n) is 6.07. The number of hydrogen-bond acceptors (Lipinski definition) is 6. The molecule has 0 spiro atoms. The summed E-state index contributed by atoms with van der Waals surface area (Å²) < 4.78 is 38.2. The van der Waals surface area contributed by atoms with Gasteiger partial charge in [-0.15, -0.1) is 10.2 Å². The summed E-state index contributed by atoms with van der Waals surface area (Å²) in [5.74, 6) is -4.31. The average molecular weight is 333 g/mol. The fourth-order valence-corrected chi connectivity index (χ4v) is 1.47. The van der Waals surface area contributed by atoms with Crippen LogP contribution in [0.5, 0.6) is 0 Å². The van der Waals surface area contributed by atoms with Gasteiger partial charge in [0.05, 0.1) is 0 Å². The van der Waals surface area contributed by atoms with Crippen molar-refractivity contribution < 1.29 is 27.9 Å². The molecule has 0 saturated heterocycles. The third kappa shape index (κ3) is 3.44. The molecule has 0 fully saturated rings. The van der Waals surface area contributed by atoms with Crippen LogP contribution in [0.2, 0.25) is 0 Å². The van der Waals surface area contributed by atoms with E-state index in [2.05, 4.69) is 25.5 Å². The van der Waals surface area contributed by atoms with Gasteiger partial charge in [0, 0.05) is 0 Å². The van der Waals surface area contributed by atoms with E-state index in [0.717, 1.165) is 4.68 Å². The number of aliphatic carboxylic acids is 1. The second-order valence-electron chi connectivity index (χ2n) is 4.41. The summed E-state index contributed by atoms with van der Waals surface area (Å²) in [6.45, 7) is 2.60. The molecule has 3 N–H and O–H groups in total. The SMILES string of the molecule is Cc1nc(C(=O)N[C@@H](C)C(=O)O)nn1-c1n[nH]c(C(F)(F)F)n1. The molecule has 2 heterocycles. The molecule has 0 saturated carbocycles. The summed E-state index contributed by atoms with van der Waals surface area (Å²) in [6.07, 6.45) is -4.71. The number of aryl methyl sites for hydroxylation is 1. The van der Waals surface area contributed by atoms with Crippen LogP contribution in [0, 0.1) is 6.92 Å². The molecular formula is C10H10F3N7O3. The molecule has 0 aliphatic rings. The highest BCUT2D eigenvalue weighted by Crippen LogP contribution is 2.26. The monoisotopic (exact) mass is 333 g/mol. The summed E-state index contributed by atoms with van der Waals surface area (Å²) in [4.78, 5) is 29.4. The molecule has 23 heavy (non-hydrogen) atoms. The zero-order valence-electron chi connectivity index (χ0n) is 11.7. The first-order valence-corrected chi connectivity index (χ1v) is 6.07. The number of alkyl halides is 3. The van der Waals surface area contributed by atoms with E-state index in [1.807, 2.05) is 0 Å². The Kier molecular flexibility index (Phi) is 4.03. The Morgan fingerprint density at radius 2 is 2.00 bits per heavy atom. The van der Waals surface area contributed by atoms with Crippen molar-refractivity contribution in [3.05, 3.63) is 17.5 Å². The topological polar surface area (TPSA) is 139 Å². The van der Waals surface area contributed by atoms with Crippen LogP contribution >= 0.6 is 0 Å². The Morgan fingerprint density at radius 1 is 1.35 bits per heavy atom. The number of carbonyl (C=O) groups is 2. The van der Waals surface area contributed by atoms with Gasteiger partial charge in [-0.2, -0.15) is 22.8 Å². The van der Waals surface area contributed by atoms with E-state index in [4.69, 9.17) is 5.11 Å². The van der Waals surface area contributed by atoms with Crippen LogP contribution < -0.4 is 5.32 Å². The van der Waals surface area contributed by atoms with Crippen molar-refractivity contribution in [3.63, 3.8) is 0 Å². The predicted octanol–water partition coefficient (Wildman–Crippen LogP) is -0.0845. The number of hydrogen-bond donors (Lipinski definition) is 3. The first kappa shape index (κ1) is 16.4. The van der Waals surface area contributed by atoms with Gasteiger partial charge >= 0.3 is 12.1 Å². The first-order chi connectivity index (χ1) is 10.6. The van der Waals surface area contributed by atoms with E-state index in [9.17, 15) is 22.8 Å². The smallest absolute Gasteiger partial charge is 0.451 e. The lowest BCUT2D eigenvalue weighted by Crippen LogP contribution is -2.38. The van der Waals surface area contributed by atoms with Crippen molar-refractivity contribution >= 4 is 11.9 Å². The Labute approximate surface area is 125 Å². The molecule has 0 aliphatic carbocycles. The van der Waals surface area contributed by atoms with Crippen LogP contribution in [0.25, 0.3) is 5.95 Å². The van der Waals surface area contributed by atoms with Crippen LogP contribution in [0.15, 0.2) is 0 Å². The van der Waals surface area contributed by atoms with Crippen LogP contribution in [0.1, 0.15) is 29.2 Å². The number of nitrogens with zero attached hydrogens (tertiary/aromatic N) is 5. The van der Waals surface area contributed by atoms with Crippen molar-refractivity contribution in [2.45, 2.75) is 26.1 Å². The normalized spacial score (nSPS) is 12.9. The number of rotatable bonds is 4. The molecule has 13 heteroatoms. The number of carboxylic acid groups (broad SMARTS) is 1. The minimum Gasteiger partial charge on any atom is -0.480 e. The van der Waals surface area contributed by atoms with Crippen LogP contribution in [0.3, 0.4) is 0 Å². The molecule has 2 rings (SSSR count). The van der Waals surface area contributed by atoms with Gasteiger partial charge < -0.3 is 10.4 Å². The van der Waals surface area contributed by atoms with Gasteiger partial charge in [-0.05, 0) is 13.8 Å². The lowest BCUT2D eigenvalue weighted by atomic mass is 10.3. The molecule has 124 valence electrons. The molecule has 0 unspecified atom stereocenters. The summed E-state index contributed by atoms with van der Waals surface area (Å²) in [7, 11) is 0. The molecule has 0 aliphatic heterocycles. The Morgan fingerprint density at radius 3 is 2.52 bits per heavy atom. The molecule has 2 aromatic heterocycles. The van der Waals surface area contributed by atoms with Crippen LogP contribution in [0.4, 0.5) is 13.2 Å². The molecule has 0 bridgehead atoms. The maximum atomic E-state index is 12.5. The van der Waals surface area contributed by atoms with Crippen molar-refractivity contribution in [2.75, 3.05) is 0 Å². The molecular weight excluding hydrogens is 323 g/mol. The summed E-state index contributed by atoms with van der Waals surface area (Å²) in [5.41, 5.74) is 0. The fourth-order valence-electron chi connectivity index (χ4n) is 1.47.